The molecule has 0 radical (unpaired) electrons. The zero-order valence-electron chi connectivity index (χ0n) is 60.6. The van der Waals surface area contributed by atoms with Gasteiger partial charge < -0.3 is 63.8 Å². The second-order valence-electron chi connectivity index (χ2n) is 26.6. The maximum absolute atomic E-state index is 12.8. The highest BCUT2D eigenvalue weighted by Gasteiger charge is 2.20. The Labute approximate surface area is 557 Å². The molecule has 0 rings (SSSR count). The van der Waals surface area contributed by atoms with Gasteiger partial charge in [0, 0.05) is 270 Å². The van der Waals surface area contributed by atoms with E-state index in [0.717, 1.165) is 91.6 Å². The molecule has 538 valence electrons. The normalized spacial score (nSPS) is 12.0. The van der Waals surface area contributed by atoms with Crippen molar-refractivity contribution in [1.29, 1.82) is 0 Å². The lowest BCUT2D eigenvalue weighted by molar-refractivity contribution is -0.124. The van der Waals surface area contributed by atoms with Crippen LogP contribution in [0.5, 0.6) is 0 Å². The molecule has 0 aliphatic carbocycles. The van der Waals surface area contributed by atoms with E-state index >= 15 is 0 Å². The van der Waals surface area contributed by atoms with E-state index in [1.54, 1.807) is 0 Å². The third-order valence-electron chi connectivity index (χ3n) is 15.6. The van der Waals surface area contributed by atoms with Gasteiger partial charge in [0.2, 0.25) is 47.3 Å². The van der Waals surface area contributed by atoms with Crippen molar-refractivity contribution in [3.8, 4) is 0 Å². The quantitative estimate of drug-likeness (QED) is 0.0337. The number of nitrogens with one attached hydrogen (secondary N) is 12. The minimum atomic E-state index is -0.138. The Morgan fingerprint density at radius 1 is 0.174 bits per heavy atom. The highest BCUT2D eigenvalue weighted by atomic mass is 16.2. The van der Waals surface area contributed by atoms with Crippen LogP contribution in [0.25, 0.3) is 0 Å². The summed E-state index contributed by atoms with van der Waals surface area (Å²) < 4.78 is 0. The second kappa shape index (κ2) is 54.6. The maximum atomic E-state index is 12.8. The molecule has 0 fully saturated rings. The van der Waals surface area contributed by atoms with E-state index < -0.39 is 0 Å². The first kappa shape index (κ1) is 87.4. The summed E-state index contributed by atoms with van der Waals surface area (Å²) in [6.07, 6.45) is 0. The van der Waals surface area contributed by atoms with Gasteiger partial charge in [0.05, 0.1) is 0 Å². The summed E-state index contributed by atoms with van der Waals surface area (Å²) in [5.74, 6) is -0.800. The number of hydrogen-bond donors (Lipinski definition) is 12. The molecule has 0 aliphatic heterocycles. The lowest BCUT2D eigenvalue weighted by Crippen LogP contribution is -2.49. The van der Waals surface area contributed by atoms with Gasteiger partial charge in [0.1, 0.15) is 0 Å². The monoisotopic (exact) mass is 1310 g/mol. The number of rotatable bonds is 59. The number of amides is 8. The lowest BCUT2D eigenvalue weighted by Gasteiger charge is -2.34. The average Bonchev–Trinajstić information content (AvgIpc) is 3.56. The van der Waals surface area contributed by atoms with E-state index in [-0.39, 0.29) is 94.6 Å². The molecule has 0 spiro atoms. The zero-order valence-corrected chi connectivity index (χ0v) is 60.6. The first-order chi connectivity index (χ1) is 43.6. The number of carbonyl (C=O) groups excluding carboxylic acids is 8. The van der Waals surface area contributed by atoms with Crippen LogP contribution in [0.4, 0.5) is 0 Å². The van der Waals surface area contributed by atoms with Crippen molar-refractivity contribution in [2.45, 2.75) is 111 Å². The highest BCUT2D eigenvalue weighted by Crippen LogP contribution is 2.04. The van der Waals surface area contributed by atoms with Crippen molar-refractivity contribution in [2.24, 2.45) is 47.3 Å². The lowest BCUT2D eigenvalue weighted by atomic mass is 10.2. The summed E-state index contributed by atoms with van der Waals surface area (Å²) in [5, 5.41) is 38.5. The summed E-state index contributed by atoms with van der Waals surface area (Å²) in [6, 6.07) is 0. The van der Waals surface area contributed by atoms with Crippen molar-refractivity contribution in [3.05, 3.63) is 0 Å². The van der Waals surface area contributed by atoms with Crippen LogP contribution in [0, 0.1) is 47.3 Å². The fourth-order valence-electron chi connectivity index (χ4n) is 8.95. The Balaban J connectivity index is 7.33. The largest absolute Gasteiger partial charge is 0.355 e. The molecule has 92 heavy (non-hydrogen) atoms. The fraction of sp³-hybridized carbons (Fsp3) is 0.879. The van der Waals surface area contributed by atoms with E-state index in [1.807, 2.05) is 111 Å². The second-order valence-corrected chi connectivity index (χ2v) is 26.6. The molecule has 26 nitrogen and oxygen atoms in total. The smallest absolute Gasteiger partial charge is 0.222 e. The molecule has 0 heterocycles. The van der Waals surface area contributed by atoms with Crippen molar-refractivity contribution >= 4 is 47.3 Å². The minimum Gasteiger partial charge on any atom is -0.355 e. The van der Waals surface area contributed by atoms with Gasteiger partial charge >= 0.3 is 0 Å². The summed E-state index contributed by atoms with van der Waals surface area (Å²) in [5.41, 5.74) is 0. The zero-order chi connectivity index (χ0) is 69.2. The molecule has 8 amide bonds. The minimum absolute atomic E-state index is 0.00891. The van der Waals surface area contributed by atoms with Crippen LogP contribution in [-0.2, 0) is 38.4 Å². The van der Waals surface area contributed by atoms with Crippen molar-refractivity contribution < 1.29 is 38.4 Å². The van der Waals surface area contributed by atoms with Crippen LogP contribution in [0.2, 0.25) is 0 Å². The van der Waals surface area contributed by atoms with Crippen LogP contribution in [0.3, 0.4) is 0 Å². The standard InChI is InChI=1S/C66H136N18O8/c1-51(2)59(85)71-21-17-67-25-33-79(37-29-75-63(89)55(9)10)41-45-83(46-42-80(38-30-76-64(90)56(11)12)34-26-68-18-22-72-60(86)52(3)4)49-50-84(47-43-81(39-31-77-65(91)57(13)14)35-27-69-19-23-73-61(87)53(5)6)48-44-82(40-32-78-66(92)58(15)16)36-28-70-20-24-74-62(88)54(7)8/h51-58,67-70H,17-50H2,1-16H3,(H,71,85)(H,72,86)(H,73,87)(H,74,88)(H,75,89)(H,76,90)(H,77,91)(H,78,92). The van der Waals surface area contributed by atoms with Gasteiger partial charge in [0.15, 0.2) is 0 Å². The van der Waals surface area contributed by atoms with E-state index in [1.165, 1.54) is 0 Å². The highest BCUT2D eigenvalue weighted by molar-refractivity contribution is 5.80. The molecule has 0 saturated carbocycles. The SMILES string of the molecule is CC(C)C(=O)NCCNCCN(CCNC(=O)C(C)C)CCN(CCN(CCNCCNC(=O)C(C)C)CCNC(=O)C(C)C)CCN(CCN(CCNCCNC(=O)C(C)C)CCNC(=O)C(C)C)CCN(CCNCCNC(=O)C(C)C)CCNC(=O)C(C)C. The molecule has 0 aliphatic rings. The molecule has 12 N–H and O–H groups in total. The Hall–Kier alpha value is -4.64. The predicted octanol–water partition coefficient (Wildman–Crippen LogP) is -0.666. The molecule has 0 aromatic carbocycles. The van der Waals surface area contributed by atoms with Crippen LogP contribution in [0.1, 0.15) is 111 Å². The first-order valence-electron chi connectivity index (χ1n) is 35.0. The maximum Gasteiger partial charge on any atom is 0.222 e. The molecular formula is C66H136N18O8. The molecule has 0 bridgehead atoms. The van der Waals surface area contributed by atoms with Crippen LogP contribution < -0.4 is 63.8 Å². The summed E-state index contributed by atoms with van der Waals surface area (Å²) in [6.45, 7) is 52.4. The van der Waals surface area contributed by atoms with Crippen LogP contribution >= 0.6 is 0 Å². The number of nitrogens with zero attached hydrogens (tertiary/aromatic N) is 6. The van der Waals surface area contributed by atoms with E-state index in [9.17, 15) is 38.4 Å². The van der Waals surface area contributed by atoms with Crippen LogP contribution in [-0.4, -0.2) is 299 Å². The number of carbonyl (C=O) groups is 8. The van der Waals surface area contributed by atoms with Gasteiger partial charge in [-0.1, -0.05) is 111 Å². The number of hydrogen-bond acceptors (Lipinski definition) is 18. The Morgan fingerprint density at radius 3 is 0.435 bits per heavy atom. The van der Waals surface area contributed by atoms with Gasteiger partial charge in [-0.2, -0.15) is 0 Å². The van der Waals surface area contributed by atoms with Crippen molar-refractivity contribution in [2.75, 3.05) is 223 Å². The Morgan fingerprint density at radius 2 is 0.293 bits per heavy atom. The molecule has 0 aromatic rings. The molecule has 0 aromatic heterocycles. The molecule has 0 unspecified atom stereocenters. The van der Waals surface area contributed by atoms with Gasteiger partial charge in [-0.15, -0.1) is 0 Å². The van der Waals surface area contributed by atoms with Crippen LogP contribution in [0.15, 0.2) is 0 Å². The van der Waals surface area contributed by atoms with Crippen molar-refractivity contribution in [3.63, 3.8) is 0 Å². The summed E-state index contributed by atoms with van der Waals surface area (Å²) in [4.78, 5) is 115. The predicted molar refractivity (Wildman–Crippen MR) is 373 cm³/mol. The van der Waals surface area contributed by atoms with Gasteiger partial charge in [-0.25, -0.2) is 0 Å². The average molecular weight is 1310 g/mol. The van der Waals surface area contributed by atoms with Gasteiger partial charge in [-0.3, -0.25) is 67.8 Å². The third-order valence-corrected chi connectivity index (χ3v) is 15.6. The molecular weight excluding hydrogens is 1170 g/mol. The molecule has 0 saturated heterocycles. The summed E-state index contributed by atoms with van der Waals surface area (Å²) in [7, 11) is 0. The Bertz CT molecular complexity index is 1710. The van der Waals surface area contributed by atoms with E-state index in [0.29, 0.717) is 131 Å². The van der Waals surface area contributed by atoms with Crippen molar-refractivity contribution in [1.82, 2.24) is 93.2 Å². The molecule has 0 atom stereocenters. The first-order valence-corrected chi connectivity index (χ1v) is 35.0. The summed E-state index contributed by atoms with van der Waals surface area (Å²) >= 11 is 0. The molecule has 26 heteroatoms. The third kappa shape index (κ3) is 48.1. The van der Waals surface area contributed by atoms with Gasteiger partial charge in [0.25, 0.3) is 0 Å². The topological polar surface area (TPSA) is 300 Å². The van der Waals surface area contributed by atoms with Gasteiger partial charge in [-0.05, 0) is 0 Å². The van der Waals surface area contributed by atoms with E-state index in [4.69, 9.17) is 0 Å². The Kier molecular flexibility index (Phi) is 51.8. The van der Waals surface area contributed by atoms with E-state index in [2.05, 4.69) is 93.2 Å². The fourth-order valence-corrected chi connectivity index (χ4v) is 8.95.